The van der Waals surface area contributed by atoms with Crippen molar-refractivity contribution in [1.82, 2.24) is 9.80 Å². The summed E-state index contributed by atoms with van der Waals surface area (Å²) < 4.78 is 5.83. The minimum Gasteiger partial charge on any atom is -0.438 e. The Morgan fingerprint density at radius 2 is 1.65 bits per heavy atom. The molecular weight excluding hydrogens is 466 g/mol. The predicted molar refractivity (Wildman–Crippen MR) is 141 cm³/mol. The number of nitrogens with one attached hydrogen (secondary N) is 1. The Morgan fingerprint density at radius 1 is 0.919 bits per heavy atom. The molecule has 0 bridgehead atoms. The average Bonchev–Trinajstić information content (AvgIpc) is 3.55. The molecule has 0 radical (unpaired) electrons. The molecule has 1 N–H and O–H groups in total. The lowest BCUT2D eigenvalue weighted by atomic mass is 9.99. The van der Waals surface area contributed by atoms with E-state index in [-0.39, 0.29) is 24.8 Å². The average molecular weight is 498 g/mol. The van der Waals surface area contributed by atoms with Crippen LogP contribution in [0.5, 0.6) is 0 Å². The highest BCUT2D eigenvalue weighted by Gasteiger charge is 2.48. The molecule has 2 saturated heterocycles. The lowest BCUT2D eigenvalue weighted by Gasteiger charge is -2.28. The summed E-state index contributed by atoms with van der Waals surface area (Å²) in [5.74, 6) is -0.239. The van der Waals surface area contributed by atoms with Crippen LogP contribution in [0.3, 0.4) is 0 Å². The fraction of sp³-hybridized carbons (Fsp3) is 0.300. The van der Waals surface area contributed by atoms with E-state index in [9.17, 15) is 14.4 Å². The second-order valence-electron chi connectivity index (χ2n) is 9.73. The van der Waals surface area contributed by atoms with Gasteiger partial charge in [0.1, 0.15) is 0 Å². The molecule has 0 aromatic heterocycles. The second kappa shape index (κ2) is 10.9. The smallest absolute Gasteiger partial charge is 0.411 e. The summed E-state index contributed by atoms with van der Waals surface area (Å²) in [6.45, 7) is 3.66. The molecule has 190 valence electrons. The van der Waals surface area contributed by atoms with Gasteiger partial charge in [0.2, 0.25) is 11.8 Å². The number of cyclic esters (lactones) is 1. The first kappa shape index (κ1) is 24.6. The van der Waals surface area contributed by atoms with E-state index < -0.39 is 18.2 Å². The van der Waals surface area contributed by atoms with E-state index in [1.54, 1.807) is 18.2 Å². The molecule has 2 aliphatic heterocycles. The van der Waals surface area contributed by atoms with Gasteiger partial charge in [0.15, 0.2) is 12.1 Å². The van der Waals surface area contributed by atoms with Crippen molar-refractivity contribution in [1.29, 1.82) is 0 Å². The number of nitrogens with zero attached hydrogens (tertiary/aromatic N) is 2. The first-order valence-electron chi connectivity index (χ1n) is 12.7. The molecule has 2 fully saturated rings. The minimum absolute atomic E-state index is 0.0982. The van der Waals surface area contributed by atoms with Gasteiger partial charge in [-0.3, -0.25) is 14.5 Å². The number of anilines is 1. The normalized spacial score (nSPS) is 19.1. The summed E-state index contributed by atoms with van der Waals surface area (Å²) in [7, 11) is 0. The zero-order valence-electron chi connectivity index (χ0n) is 20.9. The quantitative estimate of drug-likeness (QED) is 0.506. The lowest BCUT2D eigenvalue weighted by molar-refractivity contribution is -0.135. The van der Waals surface area contributed by atoms with Crippen LogP contribution in [-0.2, 0) is 27.3 Å². The molecule has 5 rings (SSSR count). The predicted octanol–water partition coefficient (Wildman–Crippen LogP) is 4.86. The van der Waals surface area contributed by atoms with E-state index in [0.717, 1.165) is 29.5 Å². The molecular formula is C30H31N3O4. The lowest BCUT2D eigenvalue weighted by Crippen LogP contribution is -2.47. The summed E-state index contributed by atoms with van der Waals surface area (Å²) in [6.07, 6.45) is 0.889. The number of benzene rings is 3. The van der Waals surface area contributed by atoms with Crippen LogP contribution in [-0.4, -0.2) is 46.8 Å². The van der Waals surface area contributed by atoms with Crippen LogP contribution in [0.1, 0.15) is 41.2 Å². The molecule has 0 unspecified atom stereocenters. The minimum atomic E-state index is -0.776. The Morgan fingerprint density at radius 3 is 2.38 bits per heavy atom. The van der Waals surface area contributed by atoms with Crippen molar-refractivity contribution in [3.05, 3.63) is 101 Å². The molecule has 0 saturated carbocycles. The van der Waals surface area contributed by atoms with Crippen molar-refractivity contribution in [2.45, 2.75) is 44.9 Å². The maximum absolute atomic E-state index is 13.7. The number of aryl methyl sites for hydroxylation is 1. The van der Waals surface area contributed by atoms with Gasteiger partial charge in [-0.05, 0) is 48.6 Å². The third-order valence-electron chi connectivity index (χ3n) is 6.94. The van der Waals surface area contributed by atoms with Crippen molar-refractivity contribution in [3.8, 4) is 0 Å². The van der Waals surface area contributed by atoms with E-state index >= 15 is 0 Å². The fourth-order valence-electron chi connectivity index (χ4n) is 4.99. The number of carbonyl (C=O) groups excluding carboxylic acids is 3. The van der Waals surface area contributed by atoms with Gasteiger partial charge in [0, 0.05) is 18.8 Å². The highest BCUT2D eigenvalue weighted by atomic mass is 16.6. The van der Waals surface area contributed by atoms with Crippen LogP contribution >= 0.6 is 0 Å². The maximum atomic E-state index is 13.7. The first-order valence-corrected chi connectivity index (χ1v) is 12.7. The molecule has 37 heavy (non-hydrogen) atoms. The number of ether oxygens (including phenoxy) is 1. The topological polar surface area (TPSA) is 79.0 Å². The zero-order valence-corrected chi connectivity index (χ0v) is 20.9. The third-order valence-corrected chi connectivity index (χ3v) is 6.94. The van der Waals surface area contributed by atoms with E-state index in [1.165, 1.54) is 4.90 Å². The van der Waals surface area contributed by atoms with Gasteiger partial charge in [-0.2, -0.15) is 0 Å². The highest BCUT2D eigenvalue weighted by molar-refractivity contribution is 5.92. The van der Waals surface area contributed by atoms with Crippen molar-refractivity contribution >= 4 is 23.6 Å². The molecule has 3 amide bonds. The number of likely N-dealkylation sites (tertiary alicyclic amines) is 1. The summed E-state index contributed by atoms with van der Waals surface area (Å²) in [5, 5.41) is 2.93. The molecule has 2 aliphatic rings. The molecule has 0 spiro atoms. The Hall–Kier alpha value is -4.13. The number of carbonyl (C=O) groups is 3. The summed E-state index contributed by atoms with van der Waals surface area (Å²) in [5.41, 5.74) is 4.25. The standard InChI is InChI=1S/C30H31N3O4/c1-21-12-14-23(15-13-21)20-33-27(29(35)32-16-5-6-17-32)28(37-30(33)36)24-10-7-11-25(19-24)31-26(34)18-22-8-3-2-4-9-22/h2-4,7-15,19,27-28H,5-6,16-18,20H2,1H3,(H,31,34)/t27-,28+/m0/s1. The van der Waals surface area contributed by atoms with Gasteiger partial charge in [0.05, 0.1) is 13.0 Å². The van der Waals surface area contributed by atoms with Gasteiger partial charge in [0.25, 0.3) is 0 Å². The Kier molecular flexibility index (Phi) is 7.21. The van der Waals surface area contributed by atoms with Gasteiger partial charge < -0.3 is 15.0 Å². The van der Waals surface area contributed by atoms with Gasteiger partial charge in [-0.15, -0.1) is 0 Å². The SMILES string of the molecule is Cc1ccc(CN2C(=O)O[C@H](c3cccc(NC(=O)Cc4ccccc4)c3)[C@H]2C(=O)N2CCCC2)cc1. The van der Waals surface area contributed by atoms with E-state index in [0.29, 0.717) is 24.3 Å². The molecule has 3 aromatic carbocycles. The van der Waals surface area contributed by atoms with Crippen LogP contribution in [0.25, 0.3) is 0 Å². The fourth-order valence-corrected chi connectivity index (χ4v) is 4.99. The van der Waals surface area contributed by atoms with Crippen molar-refractivity contribution in [2.24, 2.45) is 0 Å². The van der Waals surface area contributed by atoms with Gasteiger partial charge >= 0.3 is 6.09 Å². The van der Waals surface area contributed by atoms with Crippen molar-refractivity contribution in [3.63, 3.8) is 0 Å². The van der Waals surface area contributed by atoms with Crippen molar-refractivity contribution < 1.29 is 19.1 Å². The monoisotopic (exact) mass is 497 g/mol. The number of hydrogen-bond donors (Lipinski definition) is 1. The largest absolute Gasteiger partial charge is 0.438 e. The Balaban J connectivity index is 1.39. The number of hydrogen-bond acceptors (Lipinski definition) is 4. The van der Waals surface area contributed by atoms with Crippen LogP contribution in [0.15, 0.2) is 78.9 Å². The molecule has 2 atom stereocenters. The number of rotatable bonds is 7. The third kappa shape index (κ3) is 5.66. The second-order valence-corrected chi connectivity index (χ2v) is 9.73. The maximum Gasteiger partial charge on any atom is 0.411 e. The van der Waals surface area contributed by atoms with E-state index in [1.807, 2.05) is 72.5 Å². The first-order chi connectivity index (χ1) is 18.0. The van der Waals surface area contributed by atoms with Crippen LogP contribution < -0.4 is 5.32 Å². The summed E-state index contributed by atoms with van der Waals surface area (Å²) in [6, 6.07) is 23.9. The Bertz CT molecular complexity index is 1270. The van der Waals surface area contributed by atoms with Gasteiger partial charge in [-0.1, -0.05) is 72.3 Å². The zero-order chi connectivity index (χ0) is 25.8. The van der Waals surface area contributed by atoms with Crippen molar-refractivity contribution in [2.75, 3.05) is 18.4 Å². The Labute approximate surface area is 217 Å². The molecule has 0 aliphatic carbocycles. The van der Waals surface area contributed by atoms with E-state index in [4.69, 9.17) is 4.74 Å². The highest BCUT2D eigenvalue weighted by Crippen LogP contribution is 2.36. The van der Waals surface area contributed by atoms with E-state index in [2.05, 4.69) is 5.32 Å². The summed E-state index contributed by atoms with van der Waals surface area (Å²) >= 11 is 0. The van der Waals surface area contributed by atoms with Crippen LogP contribution in [0.2, 0.25) is 0 Å². The van der Waals surface area contributed by atoms with Crippen LogP contribution in [0.4, 0.5) is 10.5 Å². The molecule has 7 nitrogen and oxygen atoms in total. The summed E-state index contributed by atoms with van der Waals surface area (Å²) in [4.78, 5) is 42.8. The van der Waals surface area contributed by atoms with Crippen LogP contribution in [0, 0.1) is 6.92 Å². The van der Waals surface area contributed by atoms with Gasteiger partial charge in [-0.25, -0.2) is 4.79 Å². The number of amides is 3. The molecule has 3 aromatic rings. The molecule has 2 heterocycles. The molecule has 7 heteroatoms.